The molecular weight excluding hydrogens is 278 g/mol. The van der Waals surface area contributed by atoms with Crippen LogP contribution in [0.5, 0.6) is 5.75 Å². The van der Waals surface area contributed by atoms with Crippen molar-refractivity contribution in [3.63, 3.8) is 0 Å². The van der Waals surface area contributed by atoms with Crippen molar-refractivity contribution in [2.45, 2.75) is 33.4 Å². The molecule has 1 aromatic carbocycles. The Hall–Kier alpha value is -2.20. The quantitative estimate of drug-likeness (QED) is 0.723. The van der Waals surface area contributed by atoms with Gasteiger partial charge in [-0.2, -0.15) is 0 Å². The van der Waals surface area contributed by atoms with Gasteiger partial charge in [-0.05, 0) is 45.0 Å². The van der Waals surface area contributed by atoms with Gasteiger partial charge in [0.15, 0.2) is 11.3 Å². The summed E-state index contributed by atoms with van der Waals surface area (Å²) >= 11 is 0. The highest BCUT2D eigenvalue weighted by molar-refractivity contribution is 5.83. The number of aryl methyl sites for hydroxylation is 1. The molecule has 2 aromatic heterocycles. The Bertz CT molecular complexity index is 757. The smallest absolute Gasteiger partial charge is 0.176 e. The average molecular weight is 299 g/mol. The van der Waals surface area contributed by atoms with Gasteiger partial charge < -0.3 is 18.9 Å². The zero-order chi connectivity index (χ0) is 15.5. The molecule has 4 nitrogen and oxygen atoms in total. The first-order chi connectivity index (χ1) is 10.7. The summed E-state index contributed by atoms with van der Waals surface area (Å²) in [7, 11) is 0. The maximum Gasteiger partial charge on any atom is 0.176 e. The molecule has 0 saturated heterocycles. The number of hydrogen-bond donors (Lipinski definition) is 1. The fraction of sp³-hybridized carbons (Fsp3) is 0.333. The Morgan fingerprint density at radius 1 is 1.18 bits per heavy atom. The summed E-state index contributed by atoms with van der Waals surface area (Å²) in [4.78, 5) is 0. The summed E-state index contributed by atoms with van der Waals surface area (Å²) < 4.78 is 17.2. The molecule has 3 aromatic rings. The van der Waals surface area contributed by atoms with Crippen LogP contribution in [-0.4, -0.2) is 6.61 Å². The van der Waals surface area contributed by atoms with E-state index in [4.69, 9.17) is 13.6 Å². The third-order valence-corrected chi connectivity index (χ3v) is 3.63. The molecule has 0 spiro atoms. The monoisotopic (exact) mass is 299 g/mol. The summed E-state index contributed by atoms with van der Waals surface area (Å²) in [6.45, 7) is 7.29. The normalized spacial score (nSPS) is 12.7. The Morgan fingerprint density at radius 2 is 2.05 bits per heavy atom. The van der Waals surface area contributed by atoms with E-state index in [0.29, 0.717) is 13.2 Å². The largest absolute Gasteiger partial charge is 0.490 e. The highest BCUT2D eigenvalue weighted by Crippen LogP contribution is 2.31. The molecular formula is C18H21NO3. The number of rotatable bonds is 6. The number of furan rings is 2. The number of benzene rings is 1. The summed E-state index contributed by atoms with van der Waals surface area (Å²) in [5.41, 5.74) is 0.807. The minimum Gasteiger partial charge on any atom is -0.490 e. The zero-order valence-electron chi connectivity index (χ0n) is 13.2. The number of nitrogens with one attached hydrogen (secondary N) is 1. The molecule has 2 heterocycles. The predicted octanol–water partition coefficient (Wildman–Crippen LogP) is 4.58. The summed E-state index contributed by atoms with van der Waals surface area (Å²) in [5.74, 6) is 3.54. The van der Waals surface area contributed by atoms with Gasteiger partial charge in [-0.3, -0.25) is 0 Å². The fourth-order valence-corrected chi connectivity index (χ4v) is 2.47. The lowest BCUT2D eigenvalue weighted by Gasteiger charge is -2.09. The Kier molecular flexibility index (Phi) is 4.20. The van der Waals surface area contributed by atoms with Crippen LogP contribution in [0, 0.1) is 6.92 Å². The molecule has 1 N–H and O–H groups in total. The first-order valence-corrected chi connectivity index (χ1v) is 7.61. The van der Waals surface area contributed by atoms with Crippen LogP contribution in [0.25, 0.3) is 11.0 Å². The molecule has 0 aliphatic rings. The predicted molar refractivity (Wildman–Crippen MR) is 86.1 cm³/mol. The molecule has 116 valence electrons. The summed E-state index contributed by atoms with van der Waals surface area (Å²) in [6.07, 6.45) is 0. The number of para-hydroxylation sites is 1. The van der Waals surface area contributed by atoms with E-state index in [2.05, 4.69) is 18.3 Å². The molecule has 4 heteroatoms. The molecule has 0 fully saturated rings. The number of hydrogen-bond acceptors (Lipinski definition) is 4. The molecule has 0 saturated carbocycles. The van der Waals surface area contributed by atoms with Crippen molar-refractivity contribution in [2.24, 2.45) is 0 Å². The molecule has 1 atom stereocenters. The minimum absolute atomic E-state index is 0.0901. The first kappa shape index (κ1) is 14.7. The van der Waals surface area contributed by atoms with Crippen molar-refractivity contribution in [1.82, 2.24) is 5.32 Å². The molecule has 0 bridgehead atoms. The van der Waals surface area contributed by atoms with E-state index in [0.717, 1.165) is 34.0 Å². The van der Waals surface area contributed by atoms with E-state index in [-0.39, 0.29) is 6.04 Å². The Labute approximate surface area is 130 Å². The SMILES string of the molecule is CCOc1cccc2cc([C@H](C)NCc3ccc(C)o3)oc12. The zero-order valence-corrected chi connectivity index (χ0v) is 13.2. The van der Waals surface area contributed by atoms with Crippen molar-refractivity contribution in [1.29, 1.82) is 0 Å². The van der Waals surface area contributed by atoms with E-state index in [1.807, 2.05) is 44.2 Å². The van der Waals surface area contributed by atoms with Crippen LogP contribution in [0.3, 0.4) is 0 Å². The third kappa shape index (κ3) is 3.02. The highest BCUT2D eigenvalue weighted by atomic mass is 16.5. The van der Waals surface area contributed by atoms with Crippen molar-refractivity contribution >= 4 is 11.0 Å². The number of ether oxygens (including phenoxy) is 1. The maximum atomic E-state index is 5.99. The fourth-order valence-electron chi connectivity index (χ4n) is 2.47. The van der Waals surface area contributed by atoms with Gasteiger partial charge in [-0.15, -0.1) is 0 Å². The second-order valence-electron chi connectivity index (χ2n) is 5.37. The van der Waals surface area contributed by atoms with Gasteiger partial charge in [-0.25, -0.2) is 0 Å². The molecule has 0 aliphatic carbocycles. The second-order valence-corrected chi connectivity index (χ2v) is 5.37. The van der Waals surface area contributed by atoms with Crippen LogP contribution in [-0.2, 0) is 6.54 Å². The van der Waals surface area contributed by atoms with Gasteiger partial charge in [0.1, 0.15) is 17.3 Å². The van der Waals surface area contributed by atoms with Crippen LogP contribution in [0.4, 0.5) is 0 Å². The van der Waals surface area contributed by atoms with E-state index in [1.54, 1.807) is 0 Å². The lowest BCUT2D eigenvalue weighted by atomic mass is 10.2. The average Bonchev–Trinajstić information content (AvgIpc) is 3.12. The minimum atomic E-state index is 0.0901. The topological polar surface area (TPSA) is 47.5 Å². The Balaban J connectivity index is 1.76. The van der Waals surface area contributed by atoms with Gasteiger partial charge in [-0.1, -0.05) is 12.1 Å². The second kappa shape index (κ2) is 6.28. The van der Waals surface area contributed by atoms with E-state index >= 15 is 0 Å². The van der Waals surface area contributed by atoms with Gasteiger partial charge in [0.2, 0.25) is 0 Å². The van der Waals surface area contributed by atoms with Crippen LogP contribution < -0.4 is 10.1 Å². The van der Waals surface area contributed by atoms with E-state index < -0.39 is 0 Å². The van der Waals surface area contributed by atoms with Crippen molar-refractivity contribution in [3.05, 3.63) is 53.7 Å². The van der Waals surface area contributed by atoms with Gasteiger partial charge >= 0.3 is 0 Å². The molecule has 0 unspecified atom stereocenters. The molecule has 0 radical (unpaired) electrons. The molecule has 3 rings (SSSR count). The third-order valence-electron chi connectivity index (χ3n) is 3.63. The highest BCUT2D eigenvalue weighted by Gasteiger charge is 2.14. The van der Waals surface area contributed by atoms with Gasteiger partial charge in [0.05, 0.1) is 19.2 Å². The summed E-state index contributed by atoms with van der Waals surface area (Å²) in [6, 6.07) is 12.1. The van der Waals surface area contributed by atoms with E-state index in [1.165, 1.54) is 0 Å². The van der Waals surface area contributed by atoms with Crippen LogP contribution >= 0.6 is 0 Å². The van der Waals surface area contributed by atoms with Gasteiger partial charge in [0.25, 0.3) is 0 Å². The van der Waals surface area contributed by atoms with Crippen LogP contribution in [0.2, 0.25) is 0 Å². The molecule has 0 amide bonds. The lowest BCUT2D eigenvalue weighted by molar-refractivity contribution is 0.335. The van der Waals surface area contributed by atoms with Crippen molar-refractivity contribution < 1.29 is 13.6 Å². The van der Waals surface area contributed by atoms with Gasteiger partial charge in [0, 0.05) is 5.39 Å². The number of fused-ring (bicyclic) bond motifs is 1. The standard InChI is InChI=1S/C18H21NO3/c1-4-20-16-7-5-6-14-10-17(22-18(14)16)13(3)19-11-15-9-8-12(2)21-15/h5-10,13,19H,4,11H2,1-3H3/t13-/m0/s1. The first-order valence-electron chi connectivity index (χ1n) is 7.61. The Morgan fingerprint density at radius 3 is 2.77 bits per heavy atom. The summed E-state index contributed by atoms with van der Waals surface area (Å²) in [5, 5.41) is 4.47. The van der Waals surface area contributed by atoms with E-state index in [9.17, 15) is 0 Å². The molecule has 22 heavy (non-hydrogen) atoms. The van der Waals surface area contributed by atoms with Crippen LogP contribution in [0.1, 0.15) is 37.2 Å². The lowest BCUT2D eigenvalue weighted by Crippen LogP contribution is -2.17. The molecule has 0 aliphatic heterocycles. The van der Waals surface area contributed by atoms with Crippen LogP contribution in [0.15, 0.2) is 45.2 Å². The van der Waals surface area contributed by atoms with Crippen molar-refractivity contribution in [3.8, 4) is 5.75 Å². The van der Waals surface area contributed by atoms with Crippen molar-refractivity contribution in [2.75, 3.05) is 6.61 Å². The maximum absolute atomic E-state index is 5.99.